The van der Waals surface area contributed by atoms with Crippen molar-refractivity contribution in [1.82, 2.24) is 19.6 Å². The molecule has 0 aliphatic carbocycles. The van der Waals surface area contributed by atoms with Crippen LogP contribution in [0.1, 0.15) is 11.3 Å². The van der Waals surface area contributed by atoms with Gasteiger partial charge in [0.15, 0.2) is 0 Å². The van der Waals surface area contributed by atoms with Gasteiger partial charge in [0, 0.05) is 18.0 Å². The van der Waals surface area contributed by atoms with Gasteiger partial charge in [-0.3, -0.25) is 9.20 Å². The lowest BCUT2D eigenvalue weighted by Crippen LogP contribution is -2.15. The van der Waals surface area contributed by atoms with Crippen molar-refractivity contribution < 1.29 is 4.42 Å². The van der Waals surface area contributed by atoms with E-state index in [0.29, 0.717) is 33.2 Å². The number of hydrogen-bond acceptors (Lipinski definition) is 7. The normalized spacial score (nSPS) is 11.3. The fraction of sp³-hybridized carbons (Fsp3) is 0.125. The van der Waals surface area contributed by atoms with Crippen molar-refractivity contribution >= 4 is 40.3 Å². The summed E-state index contributed by atoms with van der Waals surface area (Å²) in [5.74, 6) is 0.968. The van der Waals surface area contributed by atoms with E-state index in [1.54, 1.807) is 29.7 Å². The minimum absolute atomic E-state index is 0.177. The number of pyridine rings is 1. The first-order chi connectivity index (χ1) is 12.1. The predicted molar refractivity (Wildman–Crippen MR) is 98.4 cm³/mol. The molecule has 0 radical (unpaired) electrons. The number of fused-ring (bicyclic) bond motifs is 1. The molecule has 0 saturated heterocycles. The Morgan fingerprint density at radius 1 is 1.32 bits per heavy atom. The van der Waals surface area contributed by atoms with Crippen LogP contribution in [0, 0.1) is 6.92 Å². The van der Waals surface area contributed by atoms with Gasteiger partial charge in [-0.2, -0.15) is 0 Å². The standard InChI is InChI=1S/C16H11ClN4O2S2/c1-9-4-5-24-14(9)15-19-20-16(23-15)25-8-11-6-13(22)21-7-10(17)2-3-12(21)18-11/h2-7H,8H2,1H3. The van der Waals surface area contributed by atoms with Crippen LogP contribution in [0.5, 0.6) is 0 Å². The molecule has 0 spiro atoms. The summed E-state index contributed by atoms with van der Waals surface area (Å²) in [6, 6.07) is 6.91. The zero-order valence-electron chi connectivity index (χ0n) is 13.0. The van der Waals surface area contributed by atoms with Gasteiger partial charge < -0.3 is 4.42 Å². The van der Waals surface area contributed by atoms with Crippen LogP contribution in [0.25, 0.3) is 16.4 Å². The largest absolute Gasteiger partial charge is 0.410 e. The summed E-state index contributed by atoms with van der Waals surface area (Å²) in [4.78, 5) is 17.6. The topological polar surface area (TPSA) is 73.3 Å². The number of thioether (sulfide) groups is 1. The van der Waals surface area contributed by atoms with Gasteiger partial charge in [-0.15, -0.1) is 21.5 Å². The average Bonchev–Trinajstić information content (AvgIpc) is 3.22. The van der Waals surface area contributed by atoms with Crippen molar-refractivity contribution in [2.75, 3.05) is 0 Å². The van der Waals surface area contributed by atoms with Crippen LogP contribution in [0.4, 0.5) is 0 Å². The summed E-state index contributed by atoms with van der Waals surface area (Å²) in [6.45, 7) is 2.00. The van der Waals surface area contributed by atoms with Crippen LogP contribution in [0.3, 0.4) is 0 Å². The molecule has 0 atom stereocenters. The first-order valence-corrected chi connectivity index (χ1v) is 9.53. The van der Waals surface area contributed by atoms with Crippen molar-refractivity contribution in [2.24, 2.45) is 0 Å². The molecule has 4 aromatic heterocycles. The van der Waals surface area contributed by atoms with Gasteiger partial charge in [0.05, 0.1) is 15.6 Å². The third kappa shape index (κ3) is 3.33. The molecule has 0 amide bonds. The molecule has 25 heavy (non-hydrogen) atoms. The van der Waals surface area contributed by atoms with Gasteiger partial charge in [0.25, 0.3) is 16.7 Å². The Labute approximate surface area is 155 Å². The first kappa shape index (κ1) is 16.3. The van der Waals surface area contributed by atoms with Crippen LogP contribution in [0.15, 0.2) is 50.3 Å². The van der Waals surface area contributed by atoms with Crippen molar-refractivity contribution in [1.29, 1.82) is 0 Å². The molecule has 0 aliphatic rings. The van der Waals surface area contributed by atoms with E-state index in [0.717, 1.165) is 10.4 Å². The van der Waals surface area contributed by atoms with E-state index in [1.807, 2.05) is 18.4 Å². The molecule has 4 aromatic rings. The van der Waals surface area contributed by atoms with Gasteiger partial charge in [0.2, 0.25) is 0 Å². The predicted octanol–water partition coefficient (Wildman–Crippen LogP) is 4.06. The number of aromatic nitrogens is 4. The number of hydrogen-bond donors (Lipinski definition) is 0. The van der Waals surface area contributed by atoms with Gasteiger partial charge in [-0.05, 0) is 36.1 Å². The second kappa shape index (κ2) is 6.62. The zero-order chi connectivity index (χ0) is 17.4. The molecule has 0 unspecified atom stereocenters. The second-order valence-electron chi connectivity index (χ2n) is 5.26. The number of thiophene rings is 1. The third-order valence-corrected chi connectivity index (χ3v) is 5.56. The summed E-state index contributed by atoms with van der Waals surface area (Å²) < 4.78 is 7.10. The van der Waals surface area contributed by atoms with Gasteiger partial charge in [-0.1, -0.05) is 23.4 Å². The molecule has 0 aromatic carbocycles. The highest BCUT2D eigenvalue weighted by Crippen LogP contribution is 2.30. The quantitative estimate of drug-likeness (QED) is 0.489. The molecule has 0 saturated carbocycles. The van der Waals surface area contributed by atoms with E-state index in [1.165, 1.54) is 22.2 Å². The minimum Gasteiger partial charge on any atom is -0.410 e. The molecule has 0 aliphatic heterocycles. The average molecular weight is 391 g/mol. The molecule has 0 N–H and O–H groups in total. The van der Waals surface area contributed by atoms with E-state index in [9.17, 15) is 4.79 Å². The minimum atomic E-state index is -0.177. The fourth-order valence-corrected chi connectivity index (χ4v) is 3.95. The molecular formula is C16H11ClN4O2S2. The molecule has 126 valence electrons. The van der Waals surface area contributed by atoms with E-state index in [-0.39, 0.29) is 5.56 Å². The molecule has 9 heteroatoms. The number of halogens is 1. The summed E-state index contributed by atoms with van der Waals surface area (Å²) in [7, 11) is 0. The van der Waals surface area contributed by atoms with Crippen molar-refractivity contribution in [3.05, 3.63) is 62.5 Å². The Hall–Kier alpha value is -2.16. The Bertz CT molecular complexity index is 1120. The molecule has 0 fully saturated rings. The van der Waals surface area contributed by atoms with E-state index in [2.05, 4.69) is 15.2 Å². The van der Waals surface area contributed by atoms with Crippen molar-refractivity contribution in [2.45, 2.75) is 17.9 Å². The van der Waals surface area contributed by atoms with E-state index in [4.69, 9.17) is 16.0 Å². The Morgan fingerprint density at radius 2 is 2.20 bits per heavy atom. The van der Waals surface area contributed by atoms with Crippen LogP contribution in [0.2, 0.25) is 5.02 Å². The highest BCUT2D eigenvalue weighted by atomic mass is 35.5. The Kier molecular flexibility index (Phi) is 4.32. The summed E-state index contributed by atoms with van der Waals surface area (Å²) in [6.07, 6.45) is 1.55. The maximum absolute atomic E-state index is 12.2. The maximum atomic E-state index is 12.2. The SMILES string of the molecule is Cc1ccsc1-c1nnc(SCc2cc(=O)n3cc(Cl)ccc3n2)o1. The zero-order valence-corrected chi connectivity index (χ0v) is 15.4. The summed E-state index contributed by atoms with van der Waals surface area (Å²) in [5.41, 5.74) is 2.12. The summed E-state index contributed by atoms with van der Waals surface area (Å²) >= 11 is 8.82. The number of rotatable bonds is 4. The van der Waals surface area contributed by atoms with Gasteiger partial charge >= 0.3 is 0 Å². The van der Waals surface area contributed by atoms with Crippen LogP contribution < -0.4 is 5.56 Å². The number of nitrogens with zero attached hydrogens (tertiary/aromatic N) is 4. The van der Waals surface area contributed by atoms with Gasteiger partial charge in [-0.25, -0.2) is 4.98 Å². The lowest BCUT2D eigenvalue weighted by atomic mass is 10.3. The lowest BCUT2D eigenvalue weighted by molar-refractivity contribution is 0.466. The monoisotopic (exact) mass is 390 g/mol. The molecule has 4 rings (SSSR count). The Morgan fingerprint density at radius 3 is 3.00 bits per heavy atom. The number of aryl methyl sites for hydroxylation is 1. The van der Waals surface area contributed by atoms with E-state index >= 15 is 0 Å². The fourth-order valence-electron chi connectivity index (χ4n) is 2.29. The highest BCUT2D eigenvalue weighted by Gasteiger charge is 2.13. The molecule has 0 bridgehead atoms. The van der Waals surface area contributed by atoms with Crippen LogP contribution in [-0.2, 0) is 5.75 Å². The van der Waals surface area contributed by atoms with Crippen LogP contribution in [-0.4, -0.2) is 19.6 Å². The maximum Gasteiger partial charge on any atom is 0.277 e. The summed E-state index contributed by atoms with van der Waals surface area (Å²) in [5, 5.41) is 11.0. The first-order valence-electron chi connectivity index (χ1n) is 7.29. The van der Waals surface area contributed by atoms with Crippen molar-refractivity contribution in [3.8, 4) is 10.8 Å². The molecule has 4 heterocycles. The third-order valence-electron chi connectivity index (χ3n) is 3.48. The highest BCUT2D eigenvalue weighted by molar-refractivity contribution is 7.98. The molecule has 6 nitrogen and oxygen atoms in total. The van der Waals surface area contributed by atoms with Gasteiger partial charge in [0.1, 0.15) is 5.65 Å². The van der Waals surface area contributed by atoms with E-state index < -0.39 is 0 Å². The smallest absolute Gasteiger partial charge is 0.277 e. The Balaban J connectivity index is 1.55. The van der Waals surface area contributed by atoms with Crippen molar-refractivity contribution in [3.63, 3.8) is 0 Å². The molecular weight excluding hydrogens is 380 g/mol. The lowest BCUT2D eigenvalue weighted by Gasteiger charge is -2.03. The second-order valence-corrected chi connectivity index (χ2v) is 7.53. The van der Waals surface area contributed by atoms with Crippen LogP contribution >= 0.6 is 34.7 Å².